The molecule has 3 amide bonds. The molecule has 2 aliphatic carbocycles. The average molecular weight is 424 g/mol. The lowest BCUT2D eigenvalue weighted by Gasteiger charge is -2.28. The first kappa shape index (κ1) is 21.3. The molecule has 31 heavy (non-hydrogen) atoms. The van der Waals surface area contributed by atoms with Gasteiger partial charge < -0.3 is 10.1 Å². The zero-order chi connectivity index (χ0) is 22.3. The minimum Gasteiger partial charge on any atom is -0.454 e. The van der Waals surface area contributed by atoms with Crippen molar-refractivity contribution in [3.05, 3.63) is 42.0 Å². The summed E-state index contributed by atoms with van der Waals surface area (Å²) < 4.78 is 5.23. The first-order valence-electron chi connectivity index (χ1n) is 10.9. The van der Waals surface area contributed by atoms with Gasteiger partial charge in [0.2, 0.25) is 11.8 Å². The van der Waals surface area contributed by atoms with Crippen molar-refractivity contribution < 1.29 is 23.9 Å². The second-order valence-corrected chi connectivity index (χ2v) is 8.94. The van der Waals surface area contributed by atoms with E-state index in [-0.39, 0.29) is 41.4 Å². The monoisotopic (exact) mass is 424 g/mol. The molecule has 5 atom stereocenters. The maximum absolute atomic E-state index is 13.1. The van der Waals surface area contributed by atoms with Crippen LogP contribution in [0.1, 0.15) is 32.8 Å². The Kier molecular flexibility index (Phi) is 5.69. The van der Waals surface area contributed by atoms with Gasteiger partial charge in [0.25, 0.3) is 5.91 Å². The van der Waals surface area contributed by atoms with E-state index in [9.17, 15) is 19.2 Å². The van der Waals surface area contributed by atoms with Gasteiger partial charge in [0.15, 0.2) is 6.61 Å². The predicted molar refractivity (Wildman–Crippen MR) is 114 cm³/mol. The molecule has 2 fully saturated rings. The van der Waals surface area contributed by atoms with Crippen molar-refractivity contribution in [2.45, 2.75) is 39.7 Å². The topological polar surface area (TPSA) is 92.8 Å². The molecule has 1 saturated carbocycles. The van der Waals surface area contributed by atoms with Crippen LogP contribution in [0.2, 0.25) is 0 Å². The Morgan fingerprint density at radius 2 is 1.65 bits per heavy atom. The number of nitrogens with zero attached hydrogens (tertiary/aromatic N) is 1. The number of fused-ring (bicyclic) bond motifs is 5. The lowest BCUT2D eigenvalue weighted by Crippen LogP contribution is -2.50. The summed E-state index contributed by atoms with van der Waals surface area (Å²) in [5.74, 6) is -2.70. The third-order valence-electron chi connectivity index (χ3n) is 6.65. The van der Waals surface area contributed by atoms with Crippen LogP contribution < -0.4 is 5.32 Å². The molecule has 0 radical (unpaired) electrons. The van der Waals surface area contributed by atoms with E-state index in [0.717, 1.165) is 23.3 Å². The van der Waals surface area contributed by atoms with E-state index in [1.807, 2.05) is 31.2 Å². The number of carbonyl (C=O) groups is 4. The number of hydrogen-bond donors (Lipinski definition) is 1. The van der Waals surface area contributed by atoms with Gasteiger partial charge in [-0.2, -0.15) is 0 Å². The van der Waals surface area contributed by atoms with Crippen molar-refractivity contribution in [2.75, 3.05) is 11.9 Å². The second-order valence-electron chi connectivity index (χ2n) is 8.94. The molecule has 2 bridgehead atoms. The number of nitrogens with one attached hydrogen (secondary N) is 1. The largest absolute Gasteiger partial charge is 0.454 e. The Bertz CT molecular complexity index is 906. The van der Waals surface area contributed by atoms with Crippen molar-refractivity contribution in [3.63, 3.8) is 0 Å². The average Bonchev–Trinajstić information content (AvgIpc) is 3.42. The van der Waals surface area contributed by atoms with Gasteiger partial charge in [-0.25, -0.2) is 4.79 Å². The lowest BCUT2D eigenvalue weighted by molar-refractivity contribution is -0.162. The third kappa shape index (κ3) is 3.77. The number of rotatable bonds is 7. The number of anilines is 1. The summed E-state index contributed by atoms with van der Waals surface area (Å²) in [7, 11) is 0. The summed E-state index contributed by atoms with van der Waals surface area (Å²) >= 11 is 0. The first-order valence-corrected chi connectivity index (χ1v) is 10.9. The van der Waals surface area contributed by atoms with Crippen LogP contribution in [-0.4, -0.2) is 41.2 Å². The fourth-order valence-electron chi connectivity index (χ4n) is 5.12. The Labute approximate surface area is 181 Å². The summed E-state index contributed by atoms with van der Waals surface area (Å²) in [5.41, 5.74) is 1.76. The zero-order valence-electron chi connectivity index (χ0n) is 18.0. The predicted octanol–water partition coefficient (Wildman–Crippen LogP) is 2.56. The SMILES string of the molecule is CCc1ccc(NC(=O)COC(=O)[C@H](C(C)C)N2C(=O)[C@@H]3[C@H](C2=O)[C@H]2C=C[C@H]3C2)cc1. The molecule has 3 aliphatic rings. The maximum atomic E-state index is 13.1. The lowest BCUT2D eigenvalue weighted by atomic mass is 9.85. The molecule has 0 aromatic heterocycles. The molecule has 1 aliphatic heterocycles. The van der Waals surface area contributed by atoms with Crippen LogP contribution in [0.15, 0.2) is 36.4 Å². The van der Waals surface area contributed by atoms with Gasteiger partial charge >= 0.3 is 5.97 Å². The van der Waals surface area contributed by atoms with Crippen LogP contribution in [0.5, 0.6) is 0 Å². The number of hydrogen-bond acceptors (Lipinski definition) is 5. The Morgan fingerprint density at radius 3 is 2.16 bits per heavy atom. The van der Waals surface area contributed by atoms with E-state index in [4.69, 9.17) is 4.74 Å². The van der Waals surface area contributed by atoms with Gasteiger partial charge in [0, 0.05) is 5.69 Å². The van der Waals surface area contributed by atoms with Gasteiger partial charge in [0.05, 0.1) is 11.8 Å². The highest BCUT2D eigenvalue weighted by Gasteiger charge is 2.61. The minimum absolute atomic E-state index is 0.0742. The maximum Gasteiger partial charge on any atom is 0.330 e. The van der Waals surface area contributed by atoms with E-state index in [1.54, 1.807) is 26.0 Å². The summed E-state index contributed by atoms with van der Waals surface area (Å²) in [6.07, 6.45) is 5.76. The highest BCUT2D eigenvalue weighted by molar-refractivity contribution is 6.09. The smallest absolute Gasteiger partial charge is 0.330 e. The van der Waals surface area contributed by atoms with Crippen molar-refractivity contribution in [3.8, 4) is 0 Å². The molecule has 7 nitrogen and oxygen atoms in total. The third-order valence-corrected chi connectivity index (χ3v) is 6.65. The van der Waals surface area contributed by atoms with Crippen molar-refractivity contribution >= 4 is 29.4 Å². The second kappa shape index (κ2) is 8.29. The molecule has 1 aromatic carbocycles. The first-order chi connectivity index (χ1) is 14.8. The van der Waals surface area contributed by atoms with E-state index in [2.05, 4.69) is 5.32 Å². The van der Waals surface area contributed by atoms with Crippen LogP contribution in [0.4, 0.5) is 5.69 Å². The quantitative estimate of drug-likeness (QED) is 0.413. The number of ether oxygens (including phenoxy) is 1. The number of likely N-dealkylation sites (tertiary alicyclic amines) is 1. The van der Waals surface area contributed by atoms with Crippen molar-refractivity contribution in [1.29, 1.82) is 0 Å². The number of carbonyl (C=O) groups excluding carboxylic acids is 4. The number of imide groups is 1. The summed E-state index contributed by atoms with van der Waals surface area (Å²) in [6.45, 7) is 5.10. The minimum atomic E-state index is -1.03. The number of esters is 1. The molecule has 1 aromatic rings. The summed E-state index contributed by atoms with van der Waals surface area (Å²) in [6, 6.07) is 6.39. The van der Waals surface area contributed by atoms with Crippen LogP contribution >= 0.6 is 0 Å². The van der Waals surface area contributed by atoms with E-state index in [1.165, 1.54) is 0 Å². The van der Waals surface area contributed by atoms with Gasteiger partial charge in [-0.1, -0.05) is 45.1 Å². The van der Waals surface area contributed by atoms with Crippen LogP contribution in [0.25, 0.3) is 0 Å². The molecule has 7 heteroatoms. The van der Waals surface area contributed by atoms with Crippen molar-refractivity contribution in [1.82, 2.24) is 4.90 Å². The summed E-state index contributed by atoms with van der Waals surface area (Å²) in [5, 5.41) is 2.68. The molecule has 0 unspecified atom stereocenters. The van der Waals surface area contributed by atoms with Gasteiger partial charge in [-0.05, 0) is 48.3 Å². The molecular formula is C24H28N2O5. The normalized spacial score (nSPS) is 27.0. The molecule has 1 heterocycles. The molecule has 1 N–H and O–H groups in total. The van der Waals surface area contributed by atoms with Gasteiger partial charge in [0.1, 0.15) is 6.04 Å². The zero-order valence-corrected chi connectivity index (χ0v) is 18.0. The van der Waals surface area contributed by atoms with E-state index in [0.29, 0.717) is 5.69 Å². The molecule has 4 rings (SSSR count). The molecule has 164 valence electrons. The Balaban J connectivity index is 1.39. The number of aryl methyl sites for hydroxylation is 1. The number of benzene rings is 1. The number of amides is 3. The van der Waals surface area contributed by atoms with Crippen molar-refractivity contribution in [2.24, 2.45) is 29.6 Å². The van der Waals surface area contributed by atoms with E-state index >= 15 is 0 Å². The number of allylic oxidation sites excluding steroid dienone is 2. The highest BCUT2D eigenvalue weighted by atomic mass is 16.5. The molecule has 0 spiro atoms. The Morgan fingerprint density at radius 1 is 1.06 bits per heavy atom. The fourth-order valence-corrected chi connectivity index (χ4v) is 5.12. The van der Waals surface area contributed by atoms with Crippen LogP contribution in [0.3, 0.4) is 0 Å². The molecule has 1 saturated heterocycles. The highest BCUT2D eigenvalue weighted by Crippen LogP contribution is 2.53. The van der Waals surface area contributed by atoms with E-state index < -0.39 is 24.5 Å². The molecular weight excluding hydrogens is 396 g/mol. The van der Waals surface area contributed by atoms with Gasteiger partial charge in [-0.15, -0.1) is 0 Å². The Hall–Kier alpha value is -2.96. The van der Waals surface area contributed by atoms with Gasteiger partial charge in [-0.3, -0.25) is 19.3 Å². The standard InChI is InChI=1S/C24H28N2O5/c1-4-14-5-9-17(10-6-14)25-18(27)12-31-24(30)21(13(2)3)26-22(28)19-15-7-8-16(11-15)20(19)23(26)29/h5-10,13,15-16,19-21H,4,11-12H2,1-3H3,(H,25,27)/t15-,16-,19-,20+,21-/m0/s1. The summed E-state index contributed by atoms with van der Waals surface area (Å²) in [4.78, 5) is 52.3. The van der Waals surface area contributed by atoms with Crippen LogP contribution in [-0.2, 0) is 30.3 Å². The fraction of sp³-hybridized carbons (Fsp3) is 0.500. The van der Waals surface area contributed by atoms with Crippen LogP contribution in [0, 0.1) is 29.6 Å².